The molecule has 21 heavy (non-hydrogen) atoms. The number of nitrogens with zero attached hydrogens (tertiary/aromatic N) is 3. The molecule has 0 radical (unpaired) electrons. The fourth-order valence-corrected chi connectivity index (χ4v) is 1.83. The molecule has 1 aromatic heterocycles. The minimum absolute atomic E-state index is 0.208. The van der Waals surface area contributed by atoms with E-state index in [-0.39, 0.29) is 11.5 Å². The standard InChI is InChI=1S/C15H17FN4O/c1-20(2)9-3-8-18-15-13(10-17)19-14(21-15)11-4-6-12(16)7-5-11/h4-7,18H,3,8-9H2,1-2H3. The number of anilines is 1. The van der Waals surface area contributed by atoms with Crippen LogP contribution in [0.3, 0.4) is 0 Å². The van der Waals surface area contributed by atoms with Gasteiger partial charge >= 0.3 is 0 Å². The number of nitrogens with one attached hydrogen (secondary N) is 1. The molecule has 5 nitrogen and oxygen atoms in total. The predicted molar refractivity (Wildman–Crippen MR) is 78.3 cm³/mol. The molecule has 0 amide bonds. The molecule has 2 aromatic rings. The minimum Gasteiger partial charge on any atom is -0.419 e. The highest BCUT2D eigenvalue weighted by atomic mass is 19.1. The van der Waals surface area contributed by atoms with Crippen molar-refractivity contribution in [2.75, 3.05) is 32.5 Å². The molecule has 0 aliphatic heterocycles. The molecule has 0 aliphatic carbocycles. The van der Waals surface area contributed by atoms with Crippen LogP contribution >= 0.6 is 0 Å². The Morgan fingerprint density at radius 2 is 2.05 bits per heavy atom. The Kier molecular flexibility index (Phi) is 4.90. The van der Waals surface area contributed by atoms with Crippen molar-refractivity contribution < 1.29 is 8.81 Å². The monoisotopic (exact) mass is 288 g/mol. The van der Waals surface area contributed by atoms with Crippen LogP contribution in [0, 0.1) is 17.1 Å². The Balaban J connectivity index is 2.09. The maximum atomic E-state index is 12.9. The van der Waals surface area contributed by atoms with Crippen LogP contribution in [0.1, 0.15) is 12.1 Å². The van der Waals surface area contributed by atoms with Gasteiger partial charge in [-0.1, -0.05) is 0 Å². The van der Waals surface area contributed by atoms with E-state index in [2.05, 4.69) is 15.2 Å². The third kappa shape index (κ3) is 4.04. The van der Waals surface area contributed by atoms with Gasteiger partial charge in [-0.05, 0) is 51.3 Å². The molecule has 1 heterocycles. The van der Waals surface area contributed by atoms with Gasteiger partial charge in [-0.2, -0.15) is 10.2 Å². The summed E-state index contributed by atoms with van der Waals surface area (Å²) in [5.74, 6) is 0.338. The zero-order chi connectivity index (χ0) is 15.2. The highest BCUT2D eigenvalue weighted by Gasteiger charge is 2.14. The van der Waals surface area contributed by atoms with Crippen molar-refractivity contribution in [3.63, 3.8) is 0 Å². The van der Waals surface area contributed by atoms with Gasteiger partial charge in [0.1, 0.15) is 11.9 Å². The van der Waals surface area contributed by atoms with E-state index in [1.165, 1.54) is 12.1 Å². The normalized spacial score (nSPS) is 10.6. The molecule has 0 atom stereocenters. The fourth-order valence-electron chi connectivity index (χ4n) is 1.83. The number of nitriles is 1. The topological polar surface area (TPSA) is 65.1 Å². The molecule has 1 N–H and O–H groups in total. The van der Waals surface area contributed by atoms with Crippen molar-refractivity contribution in [3.8, 4) is 17.5 Å². The van der Waals surface area contributed by atoms with Crippen LogP contribution in [-0.2, 0) is 0 Å². The van der Waals surface area contributed by atoms with Gasteiger partial charge in [0.05, 0.1) is 0 Å². The largest absolute Gasteiger partial charge is 0.419 e. The number of oxazole rings is 1. The van der Waals surface area contributed by atoms with E-state index in [1.807, 2.05) is 20.2 Å². The SMILES string of the molecule is CN(C)CCCNc1oc(-c2ccc(F)cc2)nc1C#N. The van der Waals surface area contributed by atoms with Crippen LogP contribution in [-0.4, -0.2) is 37.1 Å². The van der Waals surface area contributed by atoms with Crippen molar-refractivity contribution in [3.05, 3.63) is 35.8 Å². The first-order chi connectivity index (χ1) is 10.1. The van der Waals surface area contributed by atoms with Gasteiger partial charge in [-0.15, -0.1) is 0 Å². The Bertz CT molecular complexity index is 628. The highest BCUT2D eigenvalue weighted by molar-refractivity contribution is 5.58. The number of aromatic nitrogens is 1. The summed E-state index contributed by atoms with van der Waals surface area (Å²) >= 11 is 0. The lowest BCUT2D eigenvalue weighted by Crippen LogP contribution is -2.16. The van der Waals surface area contributed by atoms with E-state index < -0.39 is 0 Å². The molecular weight excluding hydrogens is 271 g/mol. The van der Waals surface area contributed by atoms with Gasteiger partial charge in [0.25, 0.3) is 0 Å². The second-order valence-corrected chi connectivity index (χ2v) is 4.90. The second-order valence-electron chi connectivity index (χ2n) is 4.90. The zero-order valence-corrected chi connectivity index (χ0v) is 12.1. The van der Waals surface area contributed by atoms with Crippen molar-refractivity contribution in [1.29, 1.82) is 5.26 Å². The third-order valence-corrected chi connectivity index (χ3v) is 2.89. The van der Waals surface area contributed by atoms with Crippen molar-refractivity contribution in [1.82, 2.24) is 9.88 Å². The predicted octanol–water partition coefficient (Wildman–Crippen LogP) is 2.72. The van der Waals surface area contributed by atoms with E-state index in [0.717, 1.165) is 13.0 Å². The van der Waals surface area contributed by atoms with Crippen LogP contribution < -0.4 is 5.32 Å². The van der Waals surface area contributed by atoms with E-state index in [1.54, 1.807) is 12.1 Å². The number of hydrogen-bond donors (Lipinski definition) is 1. The summed E-state index contributed by atoms with van der Waals surface area (Å²) in [5.41, 5.74) is 0.841. The minimum atomic E-state index is -0.326. The van der Waals surface area contributed by atoms with Crippen molar-refractivity contribution in [2.45, 2.75) is 6.42 Å². The molecule has 0 spiro atoms. The lowest BCUT2D eigenvalue weighted by Gasteiger charge is -2.09. The van der Waals surface area contributed by atoms with E-state index in [0.29, 0.717) is 23.9 Å². The number of hydrogen-bond acceptors (Lipinski definition) is 5. The number of benzene rings is 1. The quantitative estimate of drug-likeness (QED) is 0.828. The third-order valence-electron chi connectivity index (χ3n) is 2.89. The summed E-state index contributed by atoms with van der Waals surface area (Å²) in [6.45, 7) is 1.62. The van der Waals surface area contributed by atoms with Crippen molar-refractivity contribution in [2.24, 2.45) is 0 Å². The van der Waals surface area contributed by atoms with Gasteiger partial charge in [-0.25, -0.2) is 4.39 Å². The van der Waals surface area contributed by atoms with E-state index in [4.69, 9.17) is 9.68 Å². The van der Waals surface area contributed by atoms with Gasteiger partial charge in [0.15, 0.2) is 0 Å². The van der Waals surface area contributed by atoms with Crippen molar-refractivity contribution >= 4 is 5.88 Å². The smallest absolute Gasteiger partial charge is 0.232 e. The highest BCUT2D eigenvalue weighted by Crippen LogP contribution is 2.25. The Morgan fingerprint density at radius 1 is 1.33 bits per heavy atom. The molecule has 0 fully saturated rings. The molecule has 110 valence electrons. The van der Waals surface area contributed by atoms with Gasteiger partial charge in [-0.3, -0.25) is 0 Å². The maximum absolute atomic E-state index is 12.9. The Morgan fingerprint density at radius 3 is 2.67 bits per heavy atom. The number of halogens is 1. The van der Waals surface area contributed by atoms with E-state index >= 15 is 0 Å². The van der Waals surface area contributed by atoms with Crippen LogP contribution in [0.2, 0.25) is 0 Å². The molecule has 0 bridgehead atoms. The Hall–Kier alpha value is -2.39. The first kappa shape index (κ1) is 15.0. The average Bonchev–Trinajstić information content (AvgIpc) is 2.87. The summed E-state index contributed by atoms with van der Waals surface area (Å²) in [7, 11) is 4.00. The summed E-state index contributed by atoms with van der Waals surface area (Å²) in [4.78, 5) is 6.20. The number of rotatable bonds is 6. The van der Waals surface area contributed by atoms with Gasteiger partial charge < -0.3 is 14.6 Å². The molecule has 0 saturated carbocycles. The van der Waals surface area contributed by atoms with Gasteiger partial charge in [0.2, 0.25) is 17.5 Å². The first-order valence-electron chi connectivity index (χ1n) is 6.65. The molecule has 0 unspecified atom stereocenters. The zero-order valence-electron chi connectivity index (χ0n) is 12.1. The molecule has 0 saturated heterocycles. The molecular formula is C15H17FN4O. The molecule has 1 aromatic carbocycles. The molecule has 0 aliphatic rings. The lowest BCUT2D eigenvalue weighted by molar-refractivity contribution is 0.404. The summed E-state index contributed by atoms with van der Waals surface area (Å²) < 4.78 is 18.5. The fraction of sp³-hybridized carbons (Fsp3) is 0.333. The molecule has 2 rings (SSSR count). The molecule has 6 heteroatoms. The van der Waals surface area contributed by atoms with Crippen LogP contribution in [0.15, 0.2) is 28.7 Å². The van der Waals surface area contributed by atoms with E-state index in [9.17, 15) is 4.39 Å². The summed E-state index contributed by atoms with van der Waals surface area (Å²) in [6.07, 6.45) is 0.921. The van der Waals surface area contributed by atoms with Crippen LogP contribution in [0.4, 0.5) is 10.3 Å². The summed E-state index contributed by atoms with van der Waals surface area (Å²) in [6, 6.07) is 7.79. The Labute approximate surface area is 123 Å². The van der Waals surface area contributed by atoms with Gasteiger partial charge in [0, 0.05) is 12.1 Å². The first-order valence-corrected chi connectivity index (χ1v) is 6.65. The second kappa shape index (κ2) is 6.86. The average molecular weight is 288 g/mol. The van der Waals surface area contributed by atoms with Crippen LogP contribution in [0.25, 0.3) is 11.5 Å². The van der Waals surface area contributed by atoms with Crippen LogP contribution in [0.5, 0.6) is 0 Å². The lowest BCUT2D eigenvalue weighted by atomic mass is 10.2. The maximum Gasteiger partial charge on any atom is 0.232 e. The summed E-state index contributed by atoms with van der Waals surface area (Å²) in [5, 5.41) is 12.2.